The molecule has 0 fully saturated rings. The highest BCUT2D eigenvalue weighted by Crippen LogP contribution is 2.21. The molecule has 0 saturated heterocycles. The number of carboxylic acids is 1. The fourth-order valence-corrected chi connectivity index (χ4v) is 2.52. The van der Waals surface area contributed by atoms with E-state index in [-0.39, 0.29) is 12.3 Å². The Hall–Kier alpha value is -1.98. The SMILES string of the molecule is CC(C)(C)OC(=O)N1Cc2cccn2CC(CC(=O)O)C1. The number of nitrogens with zero attached hydrogens (tertiary/aromatic N) is 2. The lowest BCUT2D eigenvalue weighted by atomic mass is 10.1. The van der Waals surface area contributed by atoms with Crippen LogP contribution in [0.4, 0.5) is 4.79 Å². The summed E-state index contributed by atoms with van der Waals surface area (Å²) in [6.45, 7) is 6.90. The second-order valence-electron chi connectivity index (χ2n) is 6.48. The molecule has 1 N–H and O–H groups in total. The molecular formula is C15H22N2O4. The first kappa shape index (κ1) is 15.4. The van der Waals surface area contributed by atoms with E-state index in [1.54, 1.807) is 4.90 Å². The summed E-state index contributed by atoms with van der Waals surface area (Å²) in [7, 11) is 0. The van der Waals surface area contributed by atoms with E-state index in [4.69, 9.17) is 9.84 Å². The van der Waals surface area contributed by atoms with Crippen LogP contribution in [-0.2, 0) is 22.6 Å². The first-order chi connectivity index (χ1) is 9.74. The van der Waals surface area contributed by atoms with Crippen molar-refractivity contribution in [3.8, 4) is 0 Å². The standard InChI is InChI=1S/C15H22N2O4/c1-15(2,3)21-14(20)17-9-11(7-13(18)19)8-16-6-4-5-12(16)10-17/h4-6,11H,7-10H2,1-3H3,(H,18,19). The van der Waals surface area contributed by atoms with Gasteiger partial charge in [-0.2, -0.15) is 0 Å². The summed E-state index contributed by atoms with van der Waals surface area (Å²) in [6, 6.07) is 3.85. The summed E-state index contributed by atoms with van der Waals surface area (Å²) in [4.78, 5) is 24.9. The maximum absolute atomic E-state index is 12.3. The Morgan fingerprint density at radius 2 is 2.10 bits per heavy atom. The largest absolute Gasteiger partial charge is 0.481 e. The zero-order valence-corrected chi connectivity index (χ0v) is 12.7. The molecule has 0 radical (unpaired) electrons. The Morgan fingerprint density at radius 3 is 2.71 bits per heavy atom. The molecule has 0 bridgehead atoms. The fourth-order valence-electron chi connectivity index (χ4n) is 2.52. The van der Waals surface area contributed by atoms with Gasteiger partial charge in [0.05, 0.1) is 13.0 Å². The number of aromatic nitrogens is 1. The number of hydrogen-bond donors (Lipinski definition) is 1. The van der Waals surface area contributed by atoms with Crippen molar-refractivity contribution in [2.24, 2.45) is 5.92 Å². The van der Waals surface area contributed by atoms with Gasteiger partial charge in [-0.25, -0.2) is 4.79 Å². The molecule has 0 spiro atoms. The average Bonchev–Trinajstić information content (AvgIpc) is 2.65. The quantitative estimate of drug-likeness (QED) is 0.908. The van der Waals surface area contributed by atoms with Crippen LogP contribution in [0.25, 0.3) is 0 Å². The third-order valence-corrected chi connectivity index (χ3v) is 3.32. The van der Waals surface area contributed by atoms with Crippen LogP contribution in [0.3, 0.4) is 0 Å². The Bertz CT molecular complexity index is 530. The highest BCUT2D eigenvalue weighted by molar-refractivity contribution is 5.69. The number of carboxylic acid groups (broad SMARTS) is 1. The summed E-state index contributed by atoms with van der Waals surface area (Å²) in [6.07, 6.45) is 1.56. The Morgan fingerprint density at radius 1 is 1.38 bits per heavy atom. The molecule has 1 aliphatic heterocycles. The molecule has 6 nitrogen and oxygen atoms in total. The van der Waals surface area contributed by atoms with Crippen LogP contribution in [0.5, 0.6) is 0 Å². The van der Waals surface area contributed by atoms with Crippen LogP contribution >= 0.6 is 0 Å². The Labute approximate surface area is 124 Å². The number of rotatable bonds is 2. The second-order valence-corrected chi connectivity index (χ2v) is 6.48. The van der Waals surface area contributed by atoms with Crippen molar-refractivity contribution in [1.82, 2.24) is 9.47 Å². The highest BCUT2D eigenvalue weighted by atomic mass is 16.6. The Kier molecular flexibility index (Phi) is 4.25. The van der Waals surface area contributed by atoms with E-state index in [1.807, 2.05) is 43.7 Å². The molecule has 0 aromatic carbocycles. The van der Waals surface area contributed by atoms with Crippen LogP contribution in [0.15, 0.2) is 18.3 Å². The third-order valence-electron chi connectivity index (χ3n) is 3.32. The van der Waals surface area contributed by atoms with Gasteiger partial charge in [0, 0.05) is 30.9 Å². The third kappa shape index (κ3) is 4.24. The molecular weight excluding hydrogens is 272 g/mol. The van der Waals surface area contributed by atoms with Crippen LogP contribution in [-0.4, -0.2) is 38.8 Å². The maximum Gasteiger partial charge on any atom is 0.410 e. The van der Waals surface area contributed by atoms with Gasteiger partial charge in [-0.3, -0.25) is 4.79 Å². The number of aliphatic carboxylic acids is 1. The van der Waals surface area contributed by atoms with Gasteiger partial charge >= 0.3 is 12.1 Å². The van der Waals surface area contributed by atoms with Crippen molar-refractivity contribution in [2.45, 2.75) is 45.9 Å². The molecule has 1 aromatic rings. The molecule has 1 aromatic heterocycles. The molecule has 1 atom stereocenters. The second kappa shape index (κ2) is 5.79. The molecule has 1 aliphatic rings. The van der Waals surface area contributed by atoms with Gasteiger partial charge in [-0.15, -0.1) is 0 Å². The lowest BCUT2D eigenvalue weighted by Crippen LogP contribution is -2.38. The molecule has 2 heterocycles. The molecule has 1 amide bonds. The lowest BCUT2D eigenvalue weighted by molar-refractivity contribution is -0.138. The number of hydrogen-bond acceptors (Lipinski definition) is 3. The van der Waals surface area contributed by atoms with Gasteiger partial charge in [0.2, 0.25) is 0 Å². The smallest absolute Gasteiger partial charge is 0.410 e. The summed E-state index contributed by atoms with van der Waals surface area (Å²) >= 11 is 0. The molecule has 116 valence electrons. The minimum atomic E-state index is -0.847. The average molecular weight is 294 g/mol. The predicted molar refractivity (Wildman–Crippen MR) is 76.8 cm³/mol. The predicted octanol–water partition coefficient (Wildman–Crippen LogP) is 2.33. The van der Waals surface area contributed by atoms with Gasteiger partial charge in [-0.1, -0.05) is 0 Å². The van der Waals surface area contributed by atoms with Gasteiger partial charge in [0.25, 0.3) is 0 Å². The van der Waals surface area contributed by atoms with Gasteiger partial charge in [0.1, 0.15) is 5.60 Å². The topological polar surface area (TPSA) is 71.8 Å². The molecule has 1 unspecified atom stereocenters. The van der Waals surface area contributed by atoms with Crippen molar-refractivity contribution in [3.63, 3.8) is 0 Å². The maximum atomic E-state index is 12.3. The molecule has 0 aliphatic carbocycles. The fraction of sp³-hybridized carbons (Fsp3) is 0.600. The van der Waals surface area contributed by atoms with E-state index >= 15 is 0 Å². The number of fused-ring (bicyclic) bond motifs is 1. The van der Waals surface area contributed by atoms with Crippen molar-refractivity contribution in [1.29, 1.82) is 0 Å². The minimum Gasteiger partial charge on any atom is -0.481 e. The zero-order chi connectivity index (χ0) is 15.6. The van der Waals surface area contributed by atoms with Crippen LogP contribution in [0.1, 0.15) is 32.9 Å². The van der Waals surface area contributed by atoms with Crippen molar-refractivity contribution in [3.05, 3.63) is 24.0 Å². The Balaban J connectivity index is 2.17. The van der Waals surface area contributed by atoms with Gasteiger partial charge in [-0.05, 0) is 32.9 Å². The molecule has 2 rings (SSSR count). The van der Waals surface area contributed by atoms with Crippen molar-refractivity contribution < 1.29 is 19.4 Å². The van der Waals surface area contributed by atoms with Gasteiger partial charge in [0.15, 0.2) is 0 Å². The summed E-state index contributed by atoms with van der Waals surface area (Å²) in [5, 5.41) is 9.02. The van der Waals surface area contributed by atoms with E-state index in [1.165, 1.54) is 0 Å². The number of carbonyl (C=O) groups is 2. The highest BCUT2D eigenvalue weighted by Gasteiger charge is 2.29. The lowest BCUT2D eigenvalue weighted by Gasteiger charge is -2.27. The van der Waals surface area contributed by atoms with Gasteiger partial charge < -0.3 is 19.3 Å². The van der Waals surface area contributed by atoms with Crippen molar-refractivity contribution in [2.75, 3.05) is 6.54 Å². The molecule has 0 saturated carbocycles. The van der Waals surface area contributed by atoms with Crippen molar-refractivity contribution >= 4 is 12.1 Å². The number of carbonyl (C=O) groups excluding carboxylic acids is 1. The van der Waals surface area contributed by atoms with E-state index in [9.17, 15) is 9.59 Å². The molecule has 6 heteroatoms. The van der Waals surface area contributed by atoms with E-state index in [2.05, 4.69) is 0 Å². The van der Waals surface area contributed by atoms with Crippen LogP contribution in [0.2, 0.25) is 0 Å². The van der Waals surface area contributed by atoms with Crippen LogP contribution < -0.4 is 0 Å². The first-order valence-corrected chi connectivity index (χ1v) is 7.08. The summed E-state index contributed by atoms with van der Waals surface area (Å²) in [5.74, 6) is -0.969. The minimum absolute atomic E-state index is 0.0386. The van der Waals surface area contributed by atoms with Crippen LogP contribution in [0, 0.1) is 5.92 Å². The zero-order valence-electron chi connectivity index (χ0n) is 12.7. The van der Waals surface area contributed by atoms with E-state index < -0.39 is 17.7 Å². The first-order valence-electron chi connectivity index (χ1n) is 7.08. The molecule has 21 heavy (non-hydrogen) atoms. The monoisotopic (exact) mass is 294 g/mol. The van der Waals surface area contributed by atoms with E-state index in [0.717, 1.165) is 5.69 Å². The summed E-state index contributed by atoms with van der Waals surface area (Å²) in [5.41, 5.74) is 0.432. The van der Waals surface area contributed by atoms with E-state index in [0.29, 0.717) is 19.6 Å². The summed E-state index contributed by atoms with van der Waals surface area (Å²) < 4.78 is 7.42. The number of amides is 1. The number of ether oxygens (including phenoxy) is 1. The normalized spacial score (nSPS) is 18.8.